The minimum Gasteiger partial charge on any atom is -0.310 e. The molecule has 1 heterocycles. The van der Waals surface area contributed by atoms with Gasteiger partial charge in [-0.1, -0.05) is 146 Å². The molecule has 8 aromatic carbocycles. The highest BCUT2D eigenvalue weighted by Crippen LogP contribution is 2.45. The molecule has 0 amide bonds. The molecular formula is C48H31NS. The largest absolute Gasteiger partial charge is 0.310 e. The van der Waals surface area contributed by atoms with Crippen molar-refractivity contribution in [2.75, 3.05) is 4.90 Å². The van der Waals surface area contributed by atoms with Crippen LogP contribution in [0.5, 0.6) is 0 Å². The number of rotatable bonds is 6. The molecule has 10 rings (SSSR count). The van der Waals surface area contributed by atoms with Crippen LogP contribution in [0.1, 0.15) is 11.1 Å². The summed E-state index contributed by atoms with van der Waals surface area (Å²) in [4.78, 5) is 2.38. The summed E-state index contributed by atoms with van der Waals surface area (Å²) in [7, 11) is 0. The predicted molar refractivity (Wildman–Crippen MR) is 217 cm³/mol. The lowest BCUT2D eigenvalue weighted by Gasteiger charge is -2.26. The van der Waals surface area contributed by atoms with Gasteiger partial charge in [-0.15, -0.1) is 11.3 Å². The van der Waals surface area contributed by atoms with Crippen LogP contribution in [0, 0.1) is 0 Å². The number of thiophene rings is 1. The van der Waals surface area contributed by atoms with Crippen molar-refractivity contribution in [2.24, 2.45) is 0 Å². The standard InChI is InChI=1S/C48H31NS/c1-3-9-32(10-4-1)33-17-23-38(24-18-33)49(40-27-30-44-43-13-7-8-14-45(43)50-46(44)31-40)39-25-19-35(20-26-39)42-29-22-37-16-15-36-21-28-41(48(42)47(36)37)34-11-5-2-6-12-34/h1-31H. The zero-order valence-corrected chi connectivity index (χ0v) is 28.1. The van der Waals surface area contributed by atoms with Gasteiger partial charge in [-0.2, -0.15) is 0 Å². The molecule has 2 heteroatoms. The van der Waals surface area contributed by atoms with Crippen molar-refractivity contribution in [2.45, 2.75) is 0 Å². The van der Waals surface area contributed by atoms with Crippen molar-refractivity contribution in [3.63, 3.8) is 0 Å². The van der Waals surface area contributed by atoms with E-state index in [0.29, 0.717) is 0 Å². The number of anilines is 3. The number of hydrogen-bond donors (Lipinski definition) is 0. The van der Waals surface area contributed by atoms with Crippen LogP contribution in [0.4, 0.5) is 17.1 Å². The van der Waals surface area contributed by atoms with Crippen molar-refractivity contribution in [1.29, 1.82) is 0 Å². The Balaban J connectivity index is 1.11. The zero-order chi connectivity index (χ0) is 33.0. The molecule has 0 N–H and O–H groups in total. The lowest BCUT2D eigenvalue weighted by molar-refractivity contribution is 1.29. The molecule has 1 aliphatic carbocycles. The van der Waals surface area contributed by atoms with E-state index in [2.05, 4.69) is 193 Å². The summed E-state index contributed by atoms with van der Waals surface area (Å²) in [5.74, 6) is 0. The molecule has 0 fully saturated rings. The van der Waals surface area contributed by atoms with Crippen LogP contribution in [0.2, 0.25) is 0 Å². The van der Waals surface area contributed by atoms with Gasteiger partial charge in [0.2, 0.25) is 0 Å². The van der Waals surface area contributed by atoms with Crippen molar-refractivity contribution in [3.05, 3.63) is 187 Å². The van der Waals surface area contributed by atoms with Crippen molar-refractivity contribution < 1.29 is 0 Å². The summed E-state index contributed by atoms with van der Waals surface area (Å²) >= 11 is 1.86. The van der Waals surface area contributed by atoms with E-state index < -0.39 is 0 Å². The Hall–Kier alpha value is -6.22. The van der Waals surface area contributed by atoms with E-state index in [9.17, 15) is 0 Å². The summed E-state index contributed by atoms with van der Waals surface area (Å²) in [6.07, 6.45) is 4.49. The molecule has 0 unspecified atom stereocenters. The van der Waals surface area contributed by atoms with Crippen LogP contribution in [0.25, 0.3) is 76.5 Å². The molecule has 0 atom stereocenters. The lowest BCUT2D eigenvalue weighted by Crippen LogP contribution is -2.09. The summed E-state index contributed by atoms with van der Waals surface area (Å²) in [5.41, 5.74) is 13.4. The Morgan fingerprint density at radius 1 is 0.340 bits per heavy atom. The average molecular weight is 654 g/mol. The highest BCUT2D eigenvalue weighted by molar-refractivity contribution is 7.25. The zero-order valence-electron chi connectivity index (χ0n) is 27.3. The highest BCUT2D eigenvalue weighted by Gasteiger charge is 2.19. The Morgan fingerprint density at radius 2 is 0.840 bits per heavy atom. The molecule has 0 saturated heterocycles. The topological polar surface area (TPSA) is 3.24 Å². The summed E-state index contributed by atoms with van der Waals surface area (Å²) in [5, 5.41) is 5.27. The van der Waals surface area contributed by atoms with E-state index in [4.69, 9.17) is 0 Å². The van der Waals surface area contributed by atoms with Crippen LogP contribution >= 0.6 is 11.3 Å². The quantitative estimate of drug-likeness (QED) is 0.173. The number of fused-ring (bicyclic) bond motifs is 3. The maximum atomic E-state index is 2.38. The summed E-state index contributed by atoms with van der Waals surface area (Å²) in [6, 6.07) is 64.2. The molecule has 0 bridgehead atoms. The molecule has 234 valence electrons. The van der Waals surface area contributed by atoms with Crippen LogP contribution in [-0.2, 0) is 0 Å². The molecule has 1 aliphatic rings. The second kappa shape index (κ2) is 11.7. The molecule has 0 aliphatic heterocycles. The van der Waals surface area contributed by atoms with E-state index >= 15 is 0 Å². The van der Waals surface area contributed by atoms with Crippen molar-refractivity contribution in [1.82, 2.24) is 0 Å². The third-order valence-corrected chi connectivity index (χ3v) is 11.2. The molecule has 0 spiro atoms. The molecule has 1 nitrogen and oxygen atoms in total. The number of benzene rings is 8. The van der Waals surface area contributed by atoms with E-state index in [1.807, 2.05) is 11.3 Å². The first-order chi connectivity index (χ1) is 24.8. The number of nitrogens with zero attached hydrogens (tertiary/aromatic N) is 1. The number of hydrogen-bond acceptors (Lipinski definition) is 2. The van der Waals surface area contributed by atoms with Crippen molar-refractivity contribution in [3.8, 4) is 33.4 Å². The fourth-order valence-corrected chi connectivity index (χ4v) is 8.77. The second-order valence-electron chi connectivity index (χ2n) is 12.9. The van der Waals surface area contributed by atoms with Crippen LogP contribution in [0.15, 0.2) is 176 Å². The third kappa shape index (κ3) is 4.76. The van der Waals surface area contributed by atoms with Gasteiger partial charge in [0.1, 0.15) is 0 Å². The van der Waals surface area contributed by atoms with Crippen LogP contribution in [-0.4, -0.2) is 0 Å². The third-order valence-electron chi connectivity index (χ3n) is 10.0. The van der Waals surface area contributed by atoms with Gasteiger partial charge in [0.05, 0.1) is 0 Å². The molecule has 0 radical (unpaired) electrons. The highest BCUT2D eigenvalue weighted by atomic mass is 32.1. The Labute approximate surface area is 295 Å². The molecule has 50 heavy (non-hydrogen) atoms. The SMILES string of the molecule is C1=Cc2ccc(-c3ccc(N(c4ccc(-c5ccccc5)cc4)c4ccc5c(c4)sc4ccccc45)cc3)c3c(-c4ccccc4)ccc1c23. The molecule has 9 aromatic rings. The second-order valence-corrected chi connectivity index (χ2v) is 14.0. The van der Waals surface area contributed by atoms with Gasteiger partial charge in [0.15, 0.2) is 0 Å². The maximum Gasteiger partial charge on any atom is 0.0476 e. The normalized spacial score (nSPS) is 11.9. The van der Waals surface area contributed by atoms with E-state index in [1.54, 1.807) is 0 Å². The lowest BCUT2D eigenvalue weighted by atomic mass is 9.89. The van der Waals surface area contributed by atoms with Gasteiger partial charge in [-0.05, 0) is 97.7 Å². The van der Waals surface area contributed by atoms with Gasteiger partial charge >= 0.3 is 0 Å². The van der Waals surface area contributed by atoms with Gasteiger partial charge in [0, 0.05) is 37.2 Å². The molecule has 0 saturated carbocycles. The van der Waals surface area contributed by atoms with E-state index in [1.165, 1.54) is 75.5 Å². The van der Waals surface area contributed by atoms with Gasteiger partial charge < -0.3 is 4.90 Å². The smallest absolute Gasteiger partial charge is 0.0476 e. The van der Waals surface area contributed by atoms with Gasteiger partial charge in [0.25, 0.3) is 0 Å². The monoisotopic (exact) mass is 653 g/mol. The molecular weight excluding hydrogens is 623 g/mol. The first-order valence-electron chi connectivity index (χ1n) is 17.1. The van der Waals surface area contributed by atoms with Gasteiger partial charge in [-0.3, -0.25) is 0 Å². The van der Waals surface area contributed by atoms with Gasteiger partial charge in [-0.25, -0.2) is 0 Å². The van der Waals surface area contributed by atoms with E-state index in [-0.39, 0.29) is 0 Å². The van der Waals surface area contributed by atoms with Crippen molar-refractivity contribution >= 4 is 71.5 Å². The average Bonchev–Trinajstić information content (AvgIpc) is 3.78. The minimum absolute atomic E-state index is 1.12. The Kier molecular flexibility index (Phi) is 6.75. The fraction of sp³-hybridized carbons (Fsp3) is 0. The summed E-state index contributed by atoms with van der Waals surface area (Å²) in [6.45, 7) is 0. The maximum absolute atomic E-state index is 2.38. The molecule has 1 aromatic heterocycles. The van der Waals surface area contributed by atoms with Crippen LogP contribution in [0.3, 0.4) is 0 Å². The van der Waals surface area contributed by atoms with Crippen LogP contribution < -0.4 is 4.90 Å². The Morgan fingerprint density at radius 3 is 1.50 bits per heavy atom. The summed E-state index contributed by atoms with van der Waals surface area (Å²) < 4.78 is 2.61. The fourth-order valence-electron chi connectivity index (χ4n) is 7.63. The Bertz CT molecular complexity index is 2710. The predicted octanol–water partition coefficient (Wildman–Crippen LogP) is 14.2. The van der Waals surface area contributed by atoms with E-state index in [0.717, 1.165) is 17.1 Å². The first kappa shape index (κ1) is 28.8. The minimum atomic E-state index is 1.12. The first-order valence-corrected chi connectivity index (χ1v) is 17.9.